The standard InChI is InChI=1S/C19H36N4.HI/c1-3-14-23-15-11-18(12-16-23)22-19(20-2)21-13-7-6-10-17-8-4-5-9-17;/h3,17-18H,1,4-16H2,2H3,(H2,20,21,22);1H. The highest BCUT2D eigenvalue weighted by Crippen LogP contribution is 2.28. The Morgan fingerprint density at radius 2 is 1.88 bits per heavy atom. The zero-order valence-corrected chi connectivity index (χ0v) is 17.8. The van der Waals surface area contributed by atoms with E-state index in [1.807, 2.05) is 13.1 Å². The first-order valence-corrected chi connectivity index (χ1v) is 9.62. The fourth-order valence-electron chi connectivity index (χ4n) is 3.89. The van der Waals surface area contributed by atoms with E-state index in [9.17, 15) is 0 Å². The predicted molar refractivity (Wildman–Crippen MR) is 115 cm³/mol. The van der Waals surface area contributed by atoms with Crippen LogP contribution in [0.3, 0.4) is 0 Å². The first-order valence-electron chi connectivity index (χ1n) is 9.62. The first-order chi connectivity index (χ1) is 11.3. The number of nitrogens with zero attached hydrogens (tertiary/aromatic N) is 2. The molecule has 1 aliphatic heterocycles. The highest BCUT2D eigenvalue weighted by molar-refractivity contribution is 14.0. The number of guanidine groups is 1. The molecule has 24 heavy (non-hydrogen) atoms. The molecular formula is C19H37IN4. The zero-order chi connectivity index (χ0) is 16.3. The second kappa shape index (κ2) is 13.0. The molecule has 0 unspecified atom stereocenters. The molecule has 5 heteroatoms. The maximum atomic E-state index is 4.38. The predicted octanol–water partition coefficient (Wildman–Crippen LogP) is 3.78. The van der Waals surface area contributed by atoms with Gasteiger partial charge in [-0.25, -0.2) is 0 Å². The van der Waals surface area contributed by atoms with Crippen molar-refractivity contribution < 1.29 is 0 Å². The molecule has 2 aliphatic rings. The van der Waals surface area contributed by atoms with Crippen LogP contribution in [-0.4, -0.2) is 50.1 Å². The fourth-order valence-corrected chi connectivity index (χ4v) is 3.89. The highest BCUT2D eigenvalue weighted by atomic mass is 127. The minimum absolute atomic E-state index is 0. The maximum Gasteiger partial charge on any atom is 0.191 e. The lowest BCUT2D eigenvalue weighted by Crippen LogP contribution is -2.48. The van der Waals surface area contributed by atoms with Gasteiger partial charge < -0.3 is 10.6 Å². The van der Waals surface area contributed by atoms with Gasteiger partial charge in [-0.15, -0.1) is 30.6 Å². The molecule has 1 heterocycles. The van der Waals surface area contributed by atoms with Gasteiger partial charge in [-0.2, -0.15) is 0 Å². The van der Waals surface area contributed by atoms with Crippen LogP contribution in [0.1, 0.15) is 57.8 Å². The van der Waals surface area contributed by atoms with Crippen LogP contribution in [0.15, 0.2) is 17.6 Å². The van der Waals surface area contributed by atoms with Gasteiger partial charge >= 0.3 is 0 Å². The molecule has 1 saturated carbocycles. The molecule has 0 spiro atoms. The van der Waals surface area contributed by atoms with Gasteiger partial charge in [0.05, 0.1) is 0 Å². The third-order valence-electron chi connectivity index (χ3n) is 5.35. The molecular weight excluding hydrogens is 411 g/mol. The van der Waals surface area contributed by atoms with Crippen LogP contribution < -0.4 is 10.6 Å². The van der Waals surface area contributed by atoms with Gasteiger partial charge in [0.2, 0.25) is 0 Å². The van der Waals surface area contributed by atoms with Crippen molar-refractivity contribution in [3.8, 4) is 0 Å². The second-order valence-electron chi connectivity index (χ2n) is 7.15. The lowest BCUT2D eigenvalue weighted by molar-refractivity contribution is 0.225. The Kier molecular flexibility index (Phi) is 11.8. The van der Waals surface area contributed by atoms with Crippen molar-refractivity contribution in [2.24, 2.45) is 10.9 Å². The van der Waals surface area contributed by atoms with E-state index < -0.39 is 0 Å². The monoisotopic (exact) mass is 448 g/mol. The van der Waals surface area contributed by atoms with Crippen molar-refractivity contribution in [2.75, 3.05) is 33.2 Å². The third kappa shape index (κ3) is 8.19. The summed E-state index contributed by atoms with van der Waals surface area (Å²) in [7, 11) is 1.88. The molecule has 0 aromatic heterocycles. The van der Waals surface area contributed by atoms with Crippen molar-refractivity contribution in [3.63, 3.8) is 0 Å². The molecule has 2 rings (SSSR count). The van der Waals surface area contributed by atoms with E-state index in [4.69, 9.17) is 0 Å². The quantitative estimate of drug-likeness (QED) is 0.195. The van der Waals surface area contributed by atoms with Crippen LogP contribution in [0, 0.1) is 5.92 Å². The summed E-state index contributed by atoms with van der Waals surface area (Å²) in [4.78, 5) is 6.84. The summed E-state index contributed by atoms with van der Waals surface area (Å²) in [6.45, 7) is 8.19. The largest absolute Gasteiger partial charge is 0.356 e. The average molecular weight is 448 g/mol. The van der Waals surface area contributed by atoms with Gasteiger partial charge in [0.25, 0.3) is 0 Å². The summed E-state index contributed by atoms with van der Waals surface area (Å²) in [6, 6.07) is 0.556. The molecule has 140 valence electrons. The fraction of sp³-hybridized carbons (Fsp3) is 0.842. The van der Waals surface area contributed by atoms with Crippen LogP contribution in [0.2, 0.25) is 0 Å². The summed E-state index contributed by atoms with van der Waals surface area (Å²) in [6.07, 6.45) is 14.3. The van der Waals surface area contributed by atoms with Crippen LogP contribution in [0.25, 0.3) is 0 Å². The Bertz CT molecular complexity index is 358. The van der Waals surface area contributed by atoms with Gasteiger partial charge in [0.1, 0.15) is 0 Å². The van der Waals surface area contributed by atoms with Crippen LogP contribution in [0.4, 0.5) is 0 Å². The highest BCUT2D eigenvalue weighted by Gasteiger charge is 2.19. The second-order valence-corrected chi connectivity index (χ2v) is 7.15. The Labute approximate surface area is 166 Å². The van der Waals surface area contributed by atoms with Crippen molar-refractivity contribution in [1.29, 1.82) is 0 Å². The minimum Gasteiger partial charge on any atom is -0.356 e. The van der Waals surface area contributed by atoms with E-state index in [1.165, 1.54) is 57.8 Å². The molecule has 4 nitrogen and oxygen atoms in total. The van der Waals surface area contributed by atoms with Crippen LogP contribution in [-0.2, 0) is 0 Å². The number of rotatable bonds is 8. The molecule has 1 aliphatic carbocycles. The molecule has 0 aromatic rings. The lowest BCUT2D eigenvalue weighted by Gasteiger charge is -2.32. The molecule has 2 N–H and O–H groups in total. The van der Waals surface area contributed by atoms with E-state index in [-0.39, 0.29) is 24.0 Å². The van der Waals surface area contributed by atoms with E-state index in [0.717, 1.165) is 38.1 Å². The summed E-state index contributed by atoms with van der Waals surface area (Å²) in [5.74, 6) is 2.00. The SMILES string of the molecule is C=CCN1CCC(NC(=NC)NCCCCC2CCCC2)CC1.I. The first kappa shape index (κ1) is 21.7. The van der Waals surface area contributed by atoms with Gasteiger partial charge in [-0.05, 0) is 25.2 Å². The number of unbranched alkanes of at least 4 members (excludes halogenated alkanes) is 1. The normalized spacial score (nSPS) is 20.6. The van der Waals surface area contributed by atoms with E-state index in [1.54, 1.807) is 0 Å². The maximum absolute atomic E-state index is 4.38. The summed E-state index contributed by atoms with van der Waals surface area (Å²) in [5.41, 5.74) is 0. The van der Waals surface area contributed by atoms with Crippen molar-refractivity contribution in [1.82, 2.24) is 15.5 Å². The number of hydrogen-bond donors (Lipinski definition) is 2. The number of hydrogen-bond acceptors (Lipinski definition) is 2. The Hall–Kier alpha value is -0.300. The minimum atomic E-state index is 0. The average Bonchev–Trinajstić information content (AvgIpc) is 3.09. The van der Waals surface area contributed by atoms with E-state index in [2.05, 4.69) is 27.1 Å². The number of nitrogens with one attached hydrogen (secondary N) is 2. The summed E-state index contributed by atoms with van der Waals surface area (Å²) >= 11 is 0. The summed E-state index contributed by atoms with van der Waals surface area (Å²) in [5, 5.41) is 7.07. The lowest BCUT2D eigenvalue weighted by atomic mass is 10.0. The molecule has 0 radical (unpaired) electrons. The molecule has 0 bridgehead atoms. The molecule has 0 atom stereocenters. The molecule has 1 saturated heterocycles. The van der Waals surface area contributed by atoms with Crippen molar-refractivity contribution >= 4 is 29.9 Å². The van der Waals surface area contributed by atoms with Crippen molar-refractivity contribution in [2.45, 2.75) is 63.8 Å². The van der Waals surface area contributed by atoms with Crippen LogP contribution in [0.5, 0.6) is 0 Å². The Balaban J connectivity index is 0.00000288. The van der Waals surface area contributed by atoms with Crippen LogP contribution >= 0.6 is 24.0 Å². The van der Waals surface area contributed by atoms with Crippen molar-refractivity contribution in [3.05, 3.63) is 12.7 Å². The van der Waals surface area contributed by atoms with E-state index in [0.29, 0.717) is 6.04 Å². The smallest absolute Gasteiger partial charge is 0.191 e. The third-order valence-corrected chi connectivity index (χ3v) is 5.35. The van der Waals surface area contributed by atoms with Gasteiger partial charge in [-0.3, -0.25) is 9.89 Å². The van der Waals surface area contributed by atoms with Gasteiger partial charge in [-0.1, -0.05) is 44.6 Å². The van der Waals surface area contributed by atoms with Gasteiger partial charge in [0.15, 0.2) is 5.96 Å². The number of piperidine rings is 1. The molecule has 0 aromatic carbocycles. The Morgan fingerprint density at radius 3 is 2.50 bits per heavy atom. The molecule has 2 fully saturated rings. The summed E-state index contributed by atoms with van der Waals surface area (Å²) < 4.78 is 0. The number of likely N-dealkylation sites (tertiary alicyclic amines) is 1. The topological polar surface area (TPSA) is 39.7 Å². The zero-order valence-electron chi connectivity index (χ0n) is 15.4. The number of halogens is 1. The molecule has 0 amide bonds. The Morgan fingerprint density at radius 1 is 1.17 bits per heavy atom. The van der Waals surface area contributed by atoms with Gasteiger partial charge in [0, 0.05) is 39.3 Å². The van der Waals surface area contributed by atoms with E-state index >= 15 is 0 Å². The number of aliphatic imine (C=N–C) groups is 1.